The summed E-state index contributed by atoms with van der Waals surface area (Å²) in [6, 6.07) is 8.05. The molecule has 2 heteroatoms. The first-order valence-corrected chi connectivity index (χ1v) is 4.75. The number of rotatable bonds is 1. The van der Waals surface area contributed by atoms with Crippen LogP contribution in [0.1, 0.15) is 11.3 Å². The zero-order valence-corrected chi connectivity index (χ0v) is 8.42. The van der Waals surface area contributed by atoms with Crippen molar-refractivity contribution in [2.24, 2.45) is 0 Å². The van der Waals surface area contributed by atoms with E-state index in [0.717, 1.165) is 11.3 Å². The second-order valence-electron chi connectivity index (χ2n) is 2.71. The third kappa shape index (κ3) is 1.04. The van der Waals surface area contributed by atoms with E-state index in [2.05, 4.69) is 28.6 Å². The van der Waals surface area contributed by atoms with Crippen LogP contribution in [-0.4, -0.2) is 20.5 Å². The minimum absolute atomic E-state index is 0.927. The van der Waals surface area contributed by atoms with Crippen LogP contribution in [0.15, 0.2) is 28.7 Å². The molecular formula is C10H8OSe. The van der Waals surface area contributed by atoms with Gasteiger partial charge in [0.25, 0.3) is 0 Å². The van der Waals surface area contributed by atoms with Gasteiger partial charge in [-0.25, -0.2) is 0 Å². The van der Waals surface area contributed by atoms with E-state index in [1.54, 1.807) is 0 Å². The van der Waals surface area contributed by atoms with Gasteiger partial charge in [0.1, 0.15) is 0 Å². The molecule has 60 valence electrons. The summed E-state index contributed by atoms with van der Waals surface area (Å²) in [6.07, 6.45) is 0. The van der Waals surface area contributed by atoms with Crippen molar-refractivity contribution in [3.63, 3.8) is 0 Å². The number of furan rings is 1. The Morgan fingerprint density at radius 2 is 2.08 bits per heavy atom. The van der Waals surface area contributed by atoms with Gasteiger partial charge < -0.3 is 0 Å². The average molecular weight is 223 g/mol. The van der Waals surface area contributed by atoms with Crippen molar-refractivity contribution in [3.05, 3.63) is 35.6 Å². The summed E-state index contributed by atoms with van der Waals surface area (Å²) >= 11 is 2.84. The first kappa shape index (κ1) is 7.78. The molecule has 1 heterocycles. The van der Waals surface area contributed by atoms with E-state index < -0.39 is 0 Å². The number of hydrogen-bond acceptors (Lipinski definition) is 1. The van der Waals surface area contributed by atoms with Crippen molar-refractivity contribution in [2.45, 2.75) is 6.92 Å². The zero-order valence-electron chi connectivity index (χ0n) is 6.70. The third-order valence-electron chi connectivity index (χ3n) is 1.99. The Morgan fingerprint density at radius 1 is 1.33 bits per heavy atom. The summed E-state index contributed by atoms with van der Waals surface area (Å²) in [7, 11) is 0. The Bertz CT molecular complexity index is 428. The maximum absolute atomic E-state index is 5.56. The first-order chi connectivity index (χ1) is 5.83. The molecular weight excluding hydrogens is 215 g/mol. The van der Waals surface area contributed by atoms with Gasteiger partial charge in [-0.3, -0.25) is 0 Å². The van der Waals surface area contributed by atoms with Gasteiger partial charge in [0.15, 0.2) is 0 Å². The normalized spacial score (nSPS) is 10.4. The van der Waals surface area contributed by atoms with Gasteiger partial charge in [-0.15, -0.1) is 0 Å². The van der Waals surface area contributed by atoms with E-state index in [4.69, 9.17) is 4.42 Å². The SMILES string of the molecule is Cc1c(C=[Se])oc2ccccc12. The van der Waals surface area contributed by atoms with Crippen LogP contribution in [0.2, 0.25) is 0 Å². The van der Waals surface area contributed by atoms with Crippen molar-refractivity contribution in [1.29, 1.82) is 0 Å². The molecule has 0 aliphatic carbocycles. The Hall–Kier alpha value is -0.851. The summed E-state index contributed by atoms with van der Waals surface area (Å²) in [6.45, 7) is 2.06. The second kappa shape index (κ2) is 2.89. The molecule has 0 amide bonds. The molecule has 2 aromatic rings. The molecule has 2 rings (SSSR count). The fraction of sp³-hybridized carbons (Fsp3) is 0.100. The predicted octanol–water partition coefficient (Wildman–Crippen LogP) is 2.06. The van der Waals surface area contributed by atoms with Gasteiger partial charge in [-0.2, -0.15) is 0 Å². The fourth-order valence-corrected chi connectivity index (χ4v) is 1.78. The van der Waals surface area contributed by atoms with Gasteiger partial charge >= 0.3 is 78.4 Å². The molecule has 0 unspecified atom stereocenters. The quantitative estimate of drug-likeness (QED) is 0.674. The Labute approximate surface area is 78.7 Å². The molecule has 0 radical (unpaired) electrons. The van der Waals surface area contributed by atoms with Crippen molar-refractivity contribution >= 4 is 31.5 Å². The molecule has 0 aliphatic rings. The van der Waals surface area contributed by atoms with Gasteiger partial charge in [0.05, 0.1) is 0 Å². The average Bonchev–Trinajstić information content (AvgIpc) is 2.44. The van der Waals surface area contributed by atoms with Crippen LogP contribution in [0.3, 0.4) is 0 Å². The van der Waals surface area contributed by atoms with E-state index in [0.29, 0.717) is 0 Å². The van der Waals surface area contributed by atoms with E-state index >= 15 is 0 Å². The van der Waals surface area contributed by atoms with Crippen LogP contribution in [0.5, 0.6) is 0 Å². The molecule has 12 heavy (non-hydrogen) atoms. The summed E-state index contributed by atoms with van der Waals surface area (Å²) in [5, 5.41) is 1.19. The zero-order chi connectivity index (χ0) is 8.55. The van der Waals surface area contributed by atoms with E-state index in [9.17, 15) is 0 Å². The van der Waals surface area contributed by atoms with E-state index in [1.807, 2.05) is 23.1 Å². The summed E-state index contributed by atoms with van der Waals surface area (Å²) < 4.78 is 5.56. The summed E-state index contributed by atoms with van der Waals surface area (Å²) in [5.74, 6) is 0.927. The molecule has 0 fully saturated rings. The standard InChI is InChI=1S/C10H8OSe/c1-7-8-4-2-3-5-9(8)11-10(7)6-12/h2-6H,1H3. The third-order valence-corrected chi connectivity index (χ3v) is 2.44. The van der Waals surface area contributed by atoms with Crippen LogP contribution in [-0.2, 0) is 0 Å². The second-order valence-corrected chi connectivity index (χ2v) is 3.20. The van der Waals surface area contributed by atoms with Crippen molar-refractivity contribution < 1.29 is 4.42 Å². The number of aryl methyl sites for hydroxylation is 1. The topological polar surface area (TPSA) is 13.1 Å². The minimum atomic E-state index is 0.927. The summed E-state index contributed by atoms with van der Waals surface area (Å²) in [5.41, 5.74) is 2.15. The fourth-order valence-electron chi connectivity index (χ4n) is 1.31. The first-order valence-electron chi connectivity index (χ1n) is 3.76. The van der Waals surface area contributed by atoms with E-state index in [-0.39, 0.29) is 0 Å². The molecule has 0 bridgehead atoms. The van der Waals surface area contributed by atoms with Crippen molar-refractivity contribution in [2.75, 3.05) is 0 Å². The van der Waals surface area contributed by atoms with Crippen LogP contribution in [0.4, 0.5) is 0 Å². The molecule has 0 atom stereocenters. The summed E-state index contributed by atoms with van der Waals surface area (Å²) in [4.78, 5) is 1.87. The molecule has 1 nitrogen and oxygen atoms in total. The monoisotopic (exact) mass is 224 g/mol. The number of benzene rings is 1. The number of hydrogen-bond donors (Lipinski definition) is 0. The number of para-hydroxylation sites is 1. The maximum atomic E-state index is 5.56. The Balaban J connectivity index is 2.87. The van der Waals surface area contributed by atoms with Crippen LogP contribution >= 0.6 is 0 Å². The molecule has 1 aromatic heterocycles. The van der Waals surface area contributed by atoms with Crippen molar-refractivity contribution in [3.8, 4) is 0 Å². The van der Waals surface area contributed by atoms with Gasteiger partial charge in [0.2, 0.25) is 0 Å². The van der Waals surface area contributed by atoms with E-state index in [1.165, 1.54) is 10.9 Å². The van der Waals surface area contributed by atoms with Gasteiger partial charge in [-0.05, 0) is 0 Å². The molecule has 0 saturated carbocycles. The molecule has 0 spiro atoms. The molecule has 1 aromatic carbocycles. The molecule has 0 N–H and O–H groups in total. The molecule has 0 aliphatic heterocycles. The van der Waals surface area contributed by atoms with Gasteiger partial charge in [0, 0.05) is 0 Å². The predicted molar refractivity (Wildman–Crippen MR) is 51.9 cm³/mol. The van der Waals surface area contributed by atoms with Crippen LogP contribution < -0.4 is 0 Å². The van der Waals surface area contributed by atoms with Crippen LogP contribution in [0, 0.1) is 6.92 Å². The van der Waals surface area contributed by atoms with Crippen LogP contribution in [0.25, 0.3) is 11.0 Å². The van der Waals surface area contributed by atoms with Gasteiger partial charge in [-0.1, -0.05) is 0 Å². The Morgan fingerprint density at radius 3 is 2.75 bits per heavy atom. The van der Waals surface area contributed by atoms with Crippen molar-refractivity contribution in [1.82, 2.24) is 0 Å². The molecule has 0 saturated heterocycles. The Kier molecular flexibility index (Phi) is 1.87. The number of fused-ring (bicyclic) bond motifs is 1.